The van der Waals surface area contributed by atoms with Crippen molar-refractivity contribution < 1.29 is 38.1 Å². The van der Waals surface area contributed by atoms with Crippen LogP contribution in [0.2, 0.25) is 0 Å². The molecule has 0 aromatic carbocycles. The monoisotopic (exact) mass is 360 g/mol. The van der Waals surface area contributed by atoms with Crippen LogP contribution in [0.15, 0.2) is 0 Å². The molecule has 0 aromatic rings. The van der Waals surface area contributed by atoms with Gasteiger partial charge in [-0.25, -0.2) is 0 Å². The molecule has 0 aliphatic carbocycles. The molecule has 144 valence electrons. The zero-order valence-electron chi connectivity index (χ0n) is 15.4. The highest BCUT2D eigenvalue weighted by Gasteiger charge is 2.31. The summed E-state index contributed by atoms with van der Waals surface area (Å²) in [7, 11) is 2.54. The molecular formula is C17H28O8. The molecule has 0 saturated heterocycles. The Morgan fingerprint density at radius 3 is 1.96 bits per heavy atom. The molecular weight excluding hydrogens is 332 g/mol. The second-order valence-electron chi connectivity index (χ2n) is 5.38. The van der Waals surface area contributed by atoms with Gasteiger partial charge >= 0.3 is 23.9 Å². The molecule has 0 radical (unpaired) electrons. The van der Waals surface area contributed by atoms with Crippen LogP contribution in [0.4, 0.5) is 0 Å². The number of hydrogen-bond donors (Lipinski definition) is 0. The van der Waals surface area contributed by atoms with E-state index in [9.17, 15) is 19.2 Å². The molecule has 0 rings (SSSR count). The number of hydrogen-bond acceptors (Lipinski definition) is 8. The van der Waals surface area contributed by atoms with Crippen molar-refractivity contribution >= 4 is 23.9 Å². The maximum atomic E-state index is 12.1. The first-order chi connectivity index (χ1) is 11.9. The summed E-state index contributed by atoms with van der Waals surface area (Å²) < 4.78 is 19.2. The molecule has 2 atom stereocenters. The summed E-state index contributed by atoms with van der Waals surface area (Å²) in [5, 5.41) is 0. The maximum absolute atomic E-state index is 12.1. The van der Waals surface area contributed by atoms with E-state index in [1.165, 1.54) is 14.2 Å². The van der Waals surface area contributed by atoms with Gasteiger partial charge in [-0.3, -0.25) is 19.2 Å². The normalized spacial score (nSPS) is 12.6. The van der Waals surface area contributed by atoms with Gasteiger partial charge in [-0.05, 0) is 33.1 Å². The quantitative estimate of drug-likeness (QED) is 0.382. The summed E-state index contributed by atoms with van der Waals surface area (Å²) in [6.07, 6.45) is 0.816. The van der Waals surface area contributed by atoms with Crippen LogP contribution in [-0.2, 0) is 38.1 Å². The van der Waals surface area contributed by atoms with Gasteiger partial charge in [0.25, 0.3) is 0 Å². The zero-order valence-corrected chi connectivity index (χ0v) is 15.4. The third kappa shape index (κ3) is 9.69. The molecule has 8 nitrogen and oxygen atoms in total. The zero-order chi connectivity index (χ0) is 19.2. The van der Waals surface area contributed by atoms with E-state index in [1.54, 1.807) is 13.8 Å². The first-order valence-corrected chi connectivity index (χ1v) is 8.36. The molecule has 0 aliphatic heterocycles. The van der Waals surface area contributed by atoms with Gasteiger partial charge in [0.15, 0.2) is 0 Å². The standard InChI is InChI=1S/C17H28O8/c1-5-24-15(19)11-13(17(21)25-6-2)10-12(16(20)23-4)8-7-9-14(18)22-3/h12-13H,5-11H2,1-4H3. The van der Waals surface area contributed by atoms with Crippen LogP contribution >= 0.6 is 0 Å². The topological polar surface area (TPSA) is 105 Å². The number of carbonyl (C=O) groups excluding carboxylic acids is 4. The lowest BCUT2D eigenvalue weighted by Gasteiger charge is -2.20. The summed E-state index contributed by atoms with van der Waals surface area (Å²) in [6.45, 7) is 3.70. The van der Waals surface area contributed by atoms with Gasteiger partial charge in [-0.15, -0.1) is 0 Å². The predicted molar refractivity (Wildman–Crippen MR) is 87.4 cm³/mol. The van der Waals surface area contributed by atoms with Gasteiger partial charge in [-0.2, -0.15) is 0 Å². The Morgan fingerprint density at radius 2 is 1.44 bits per heavy atom. The molecule has 0 amide bonds. The number of rotatable bonds is 12. The predicted octanol–water partition coefficient (Wildman–Crippen LogP) is 1.64. The van der Waals surface area contributed by atoms with Crippen LogP contribution in [0, 0.1) is 11.8 Å². The van der Waals surface area contributed by atoms with Gasteiger partial charge in [-0.1, -0.05) is 0 Å². The molecule has 0 heterocycles. The van der Waals surface area contributed by atoms with Gasteiger partial charge in [0, 0.05) is 6.42 Å². The summed E-state index contributed by atoms with van der Waals surface area (Å²) in [5.41, 5.74) is 0. The highest BCUT2D eigenvalue weighted by Crippen LogP contribution is 2.24. The van der Waals surface area contributed by atoms with Crippen LogP contribution in [0.3, 0.4) is 0 Å². The minimum Gasteiger partial charge on any atom is -0.469 e. The molecule has 0 aliphatic rings. The Hall–Kier alpha value is -2.12. The summed E-state index contributed by atoms with van der Waals surface area (Å²) in [5.74, 6) is -3.39. The number of esters is 4. The highest BCUT2D eigenvalue weighted by molar-refractivity contribution is 5.81. The summed E-state index contributed by atoms with van der Waals surface area (Å²) >= 11 is 0. The number of ether oxygens (including phenoxy) is 4. The Balaban J connectivity index is 4.96. The Labute approximate surface area is 148 Å². The second-order valence-corrected chi connectivity index (χ2v) is 5.38. The minimum absolute atomic E-state index is 0.0888. The van der Waals surface area contributed by atoms with E-state index in [1.807, 2.05) is 0 Å². The fourth-order valence-corrected chi connectivity index (χ4v) is 2.38. The van der Waals surface area contributed by atoms with Crippen LogP contribution in [0.5, 0.6) is 0 Å². The SMILES string of the molecule is CCOC(=O)CC(CC(CCCC(=O)OC)C(=O)OC)C(=O)OCC. The Morgan fingerprint density at radius 1 is 0.800 bits per heavy atom. The third-order valence-electron chi connectivity index (χ3n) is 3.60. The van der Waals surface area contributed by atoms with Crippen molar-refractivity contribution in [3.05, 3.63) is 0 Å². The van der Waals surface area contributed by atoms with Crippen molar-refractivity contribution in [2.75, 3.05) is 27.4 Å². The van der Waals surface area contributed by atoms with Crippen molar-refractivity contribution in [3.63, 3.8) is 0 Å². The largest absolute Gasteiger partial charge is 0.469 e. The van der Waals surface area contributed by atoms with Crippen molar-refractivity contribution in [2.24, 2.45) is 11.8 Å². The maximum Gasteiger partial charge on any atom is 0.309 e. The van der Waals surface area contributed by atoms with Crippen LogP contribution in [-0.4, -0.2) is 51.3 Å². The van der Waals surface area contributed by atoms with Gasteiger partial charge < -0.3 is 18.9 Å². The molecule has 0 aromatic heterocycles. The molecule has 0 saturated carbocycles. The fourth-order valence-electron chi connectivity index (χ4n) is 2.38. The first-order valence-electron chi connectivity index (χ1n) is 8.36. The highest BCUT2D eigenvalue weighted by atomic mass is 16.5. The molecule has 8 heteroatoms. The molecule has 0 spiro atoms. The van der Waals surface area contributed by atoms with Crippen LogP contribution in [0.25, 0.3) is 0 Å². The van der Waals surface area contributed by atoms with Crippen molar-refractivity contribution in [1.29, 1.82) is 0 Å². The third-order valence-corrected chi connectivity index (χ3v) is 3.60. The average Bonchev–Trinajstić information content (AvgIpc) is 2.59. The first kappa shape index (κ1) is 22.9. The Kier molecular flexibility index (Phi) is 12.1. The van der Waals surface area contributed by atoms with Crippen LogP contribution in [0.1, 0.15) is 46.0 Å². The van der Waals surface area contributed by atoms with Gasteiger partial charge in [0.1, 0.15) is 0 Å². The van der Waals surface area contributed by atoms with E-state index < -0.39 is 29.7 Å². The van der Waals surface area contributed by atoms with Gasteiger partial charge in [0.2, 0.25) is 0 Å². The van der Waals surface area contributed by atoms with Gasteiger partial charge in [0.05, 0.1) is 45.7 Å². The van der Waals surface area contributed by atoms with E-state index in [0.29, 0.717) is 12.8 Å². The van der Waals surface area contributed by atoms with E-state index in [-0.39, 0.29) is 38.4 Å². The summed E-state index contributed by atoms with van der Waals surface area (Å²) in [6, 6.07) is 0. The van der Waals surface area contributed by atoms with Crippen LogP contribution < -0.4 is 0 Å². The van der Waals surface area contributed by atoms with Crippen molar-refractivity contribution in [3.8, 4) is 0 Å². The minimum atomic E-state index is -0.804. The van der Waals surface area contributed by atoms with Crippen molar-refractivity contribution in [2.45, 2.75) is 46.0 Å². The van der Waals surface area contributed by atoms with E-state index >= 15 is 0 Å². The number of carbonyl (C=O) groups is 4. The second kappa shape index (κ2) is 13.2. The summed E-state index contributed by atoms with van der Waals surface area (Å²) in [4.78, 5) is 47.0. The van der Waals surface area contributed by atoms with E-state index in [2.05, 4.69) is 4.74 Å². The molecule has 0 fully saturated rings. The number of methoxy groups -OCH3 is 2. The Bertz CT molecular complexity index is 446. The molecule has 0 bridgehead atoms. The molecule has 2 unspecified atom stereocenters. The smallest absolute Gasteiger partial charge is 0.309 e. The fraction of sp³-hybridized carbons (Fsp3) is 0.765. The lowest BCUT2D eigenvalue weighted by molar-refractivity contribution is -0.157. The average molecular weight is 360 g/mol. The van der Waals surface area contributed by atoms with E-state index in [4.69, 9.17) is 14.2 Å². The molecule has 0 N–H and O–H groups in total. The lowest BCUT2D eigenvalue weighted by atomic mass is 9.88. The van der Waals surface area contributed by atoms with Crippen molar-refractivity contribution in [1.82, 2.24) is 0 Å². The lowest BCUT2D eigenvalue weighted by Crippen LogP contribution is -2.28. The molecule has 25 heavy (non-hydrogen) atoms. The van der Waals surface area contributed by atoms with E-state index in [0.717, 1.165) is 0 Å².